The highest BCUT2D eigenvalue weighted by Gasteiger charge is 2.18. The number of rotatable bonds is 7. The minimum Gasteiger partial charge on any atom is -0.281 e. The molecule has 5 nitrogen and oxygen atoms in total. The van der Waals surface area contributed by atoms with E-state index in [1.165, 1.54) is 0 Å². The van der Waals surface area contributed by atoms with Gasteiger partial charge in [0.1, 0.15) is 0 Å². The molecule has 1 N–H and O–H groups in total. The molecular formula is C24H22ClN3O2. The number of nitrogens with one attached hydrogen (secondary N) is 1. The number of carbonyl (C=O) groups is 2. The second kappa shape index (κ2) is 10.4. The topological polar surface area (TPSA) is 61.8 Å². The van der Waals surface area contributed by atoms with Gasteiger partial charge in [0.2, 0.25) is 11.8 Å². The van der Waals surface area contributed by atoms with Gasteiger partial charge in [-0.05, 0) is 48.9 Å². The summed E-state index contributed by atoms with van der Waals surface area (Å²) >= 11 is 5.88. The maximum absolute atomic E-state index is 12.9. The number of hydrazone groups is 1. The quantitative estimate of drug-likeness (QED) is 0.416. The Labute approximate surface area is 181 Å². The molecule has 0 fully saturated rings. The van der Waals surface area contributed by atoms with Crippen molar-refractivity contribution in [3.63, 3.8) is 0 Å². The third kappa shape index (κ3) is 5.78. The van der Waals surface area contributed by atoms with E-state index in [9.17, 15) is 9.59 Å². The number of carbonyl (C=O) groups excluding carboxylic acids is 2. The zero-order valence-corrected chi connectivity index (χ0v) is 17.3. The van der Waals surface area contributed by atoms with E-state index >= 15 is 0 Å². The van der Waals surface area contributed by atoms with E-state index in [0.717, 1.165) is 16.9 Å². The van der Waals surface area contributed by atoms with Crippen molar-refractivity contribution in [2.24, 2.45) is 5.10 Å². The van der Waals surface area contributed by atoms with Crippen molar-refractivity contribution < 1.29 is 9.59 Å². The van der Waals surface area contributed by atoms with Crippen LogP contribution >= 0.6 is 11.6 Å². The molecule has 0 saturated carbocycles. The number of benzene rings is 3. The second-order valence-corrected chi connectivity index (χ2v) is 7.08. The molecule has 2 amide bonds. The normalized spacial score (nSPS) is 11.1. The highest BCUT2D eigenvalue weighted by Crippen LogP contribution is 2.26. The summed E-state index contributed by atoms with van der Waals surface area (Å²) < 4.78 is 0. The molecule has 3 aromatic carbocycles. The molecule has 0 spiro atoms. The molecule has 0 radical (unpaired) electrons. The lowest BCUT2D eigenvalue weighted by Crippen LogP contribution is -2.28. The highest BCUT2D eigenvalue weighted by atomic mass is 35.5. The van der Waals surface area contributed by atoms with Crippen molar-refractivity contribution in [2.75, 3.05) is 4.90 Å². The van der Waals surface area contributed by atoms with Crippen LogP contribution in [0.2, 0.25) is 5.02 Å². The molecule has 152 valence electrons. The average molecular weight is 420 g/mol. The lowest BCUT2D eigenvalue weighted by atomic mass is 10.1. The van der Waals surface area contributed by atoms with Crippen LogP contribution in [0.15, 0.2) is 90.0 Å². The number of amides is 2. The Morgan fingerprint density at radius 1 is 0.833 bits per heavy atom. The van der Waals surface area contributed by atoms with E-state index in [0.29, 0.717) is 10.7 Å². The lowest BCUT2D eigenvalue weighted by Gasteiger charge is -2.23. The van der Waals surface area contributed by atoms with Crippen LogP contribution in [0.1, 0.15) is 25.3 Å². The molecule has 0 bridgehead atoms. The van der Waals surface area contributed by atoms with Crippen molar-refractivity contribution >= 4 is 40.5 Å². The van der Waals surface area contributed by atoms with Gasteiger partial charge in [-0.1, -0.05) is 60.1 Å². The Hall–Kier alpha value is -3.44. The fraction of sp³-hybridized carbons (Fsp3) is 0.125. The molecule has 3 aromatic rings. The number of anilines is 2. The van der Waals surface area contributed by atoms with Gasteiger partial charge >= 0.3 is 0 Å². The van der Waals surface area contributed by atoms with Crippen molar-refractivity contribution in [1.29, 1.82) is 0 Å². The van der Waals surface area contributed by atoms with Crippen molar-refractivity contribution in [3.05, 3.63) is 95.5 Å². The maximum Gasteiger partial charge on any atom is 0.240 e. The molecule has 3 rings (SSSR count). The van der Waals surface area contributed by atoms with Crippen LogP contribution in [0.5, 0.6) is 0 Å². The summed E-state index contributed by atoms with van der Waals surface area (Å²) in [6, 6.07) is 25.9. The minimum absolute atomic E-state index is 0.0341. The zero-order valence-electron chi connectivity index (χ0n) is 16.6. The number of halogens is 1. The van der Waals surface area contributed by atoms with Crippen molar-refractivity contribution in [3.8, 4) is 0 Å². The van der Waals surface area contributed by atoms with Gasteiger partial charge in [-0.3, -0.25) is 14.5 Å². The average Bonchev–Trinajstić information content (AvgIpc) is 2.78. The van der Waals surface area contributed by atoms with Gasteiger partial charge < -0.3 is 0 Å². The molecule has 30 heavy (non-hydrogen) atoms. The van der Waals surface area contributed by atoms with Gasteiger partial charge in [0, 0.05) is 29.2 Å². The maximum atomic E-state index is 12.9. The summed E-state index contributed by atoms with van der Waals surface area (Å²) in [6.45, 7) is 1.79. The van der Waals surface area contributed by atoms with E-state index in [4.69, 9.17) is 11.6 Å². The molecule has 0 aliphatic rings. The summed E-state index contributed by atoms with van der Waals surface area (Å²) in [6.07, 6.45) is 0.0948. The number of nitrogens with zero attached hydrogens (tertiary/aromatic N) is 2. The molecule has 6 heteroatoms. The van der Waals surface area contributed by atoms with Crippen molar-refractivity contribution in [1.82, 2.24) is 5.43 Å². The Kier molecular flexibility index (Phi) is 7.35. The van der Waals surface area contributed by atoms with Crippen LogP contribution in [0.4, 0.5) is 11.4 Å². The van der Waals surface area contributed by atoms with E-state index in [2.05, 4.69) is 10.5 Å². The SMILES string of the molecule is C/C(=N\NC(=O)CCC(=O)N(c1ccccc1)c1ccccc1)c1ccc(Cl)cc1. The standard InChI is InChI=1S/C24H22ClN3O2/c1-18(19-12-14-20(25)15-13-19)26-27-23(29)16-17-24(30)28(21-8-4-2-5-9-21)22-10-6-3-7-11-22/h2-15H,16-17H2,1H3,(H,27,29)/b26-18+. The Morgan fingerprint density at radius 2 is 1.37 bits per heavy atom. The summed E-state index contributed by atoms with van der Waals surface area (Å²) in [7, 11) is 0. The van der Waals surface area contributed by atoms with Crippen LogP contribution < -0.4 is 10.3 Å². The van der Waals surface area contributed by atoms with E-state index in [-0.39, 0.29) is 24.7 Å². The zero-order chi connectivity index (χ0) is 21.3. The van der Waals surface area contributed by atoms with Crippen LogP contribution in [-0.4, -0.2) is 17.5 Å². The molecule has 0 aliphatic carbocycles. The summed E-state index contributed by atoms with van der Waals surface area (Å²) in [5, 5.41) is 4.75. The molecule has 0 atom stereocenters. The highest BCUT2D eigenvalue weighted by molar-refractivity contribution is 6.30. The van der Waals surface area contributed by atoms with Crippen LogP contribution in [-0.2, 0) is 9.59 Å². The van der Waals surface area contributed by atoms with E-state index in [1.54, 1.807) is 24.0 Å². The largest absolute Gasteiger partial charge is 0.281 e. The Morgan fingerprint density at radius 3 is 1.90 bits per heavy atom. The molecular weight excluding hydrogens is 398 g/mol. The summed E-state index contributed by atoms with van der Waals surface area (Å²) in [4.78, 5) is 26.8. The van der Waals surface area contributed by atoms with Gasteiger partial charge in [0.05, 0.1) is 5.71 Å². The number of hydrogen-bond acceptors (Lipinski definition) is 3. The fourth-order valence-electron chi connectivity index (χ4n) is 2.88. The van der Waals surface area contributed by atoms with Gasteiger partial charge in [-0.2, -0.15) is 5.10 Å². The van der Waals surface area contributed by atoms with Crippen LogP contribution in [0, 0.1) is 0 Å². The van der Waals surface area contributed by atoms with Crippen LogP contribution in [0.3, 0.4) is 0 Å². The van der Waals surface area contributed by atoms with Gasteiger partial charge in [0.25, 0.3) is 0 Å². The van der Waals surface area contributed by atoms with Crippen molar-refractivity contribution in [2.45, 2.75) is 19.8 Å². The molecule has 0 aliphatic heterocycles. The minimum atomic E-state index is -0.322. The van der Waals surface area contributed by atoms with Gasteiger partial charge in [0.15, 0.2) is 0 Å². The molecule has 0 aromatic heterocycles. The predicted molar refractivity (Wildman–Crippen MR) is 121 cm³/mol. The third-order valence-corrected chi connectivity index (χ3v) is 4.71. The summed E-state index contributed by atoms with van der Waals surface area (Å²) in [5.74, 6) is -0.487. The van der Waals surface area contributed by atoms with Gasteiger partial charge in [-0.15, -0.1) is 0 Å². The molecule has 0 heterocycles. The first-order valence-corrected chi connectivity index (χ1v) is 9.94. The molecule has 0 unspecified atom stereocenters. The Balaban J connectivity index is 1.63. The van der Waals surface area contributed by atoms with E-state index < -0.39 is 0 Å². The second-order valence-electron chi connectivity index (χ2n) is 6.64. The monoisotopic (exact) mass is 419 g/mol. The third-order valence-electron chi connectivity index (χ3n) is 4.45. The number of hydrogen-bond donors (Lipinski definition) is 1. The smallest absolute Gasteiger partial charge is 0.240 e. The Bertz CT molecular complexity index is 980. The predicted octanol–water partition coefficient (Wildman–Crippen LogP) is 5.33. The van der Waals surface area contributed by atoms with Gasteiger partial charge in [-0.25, -0.2) is 5.43 Å². The fourth-order valence-corrected chi connectivity index (χ4v) is 3.01. The van der Waals surface area contributed by atoms with E-state index in [1.807, 2.05) is 72.8 Å². The number of para-hydroxylation sites is 2. The first kappa shape index (κ1) is 21.3. The first-order chi connectivity index (χ1) is 14.5. The lowest BCUT2D eigenvalue weighted by molar-refractivity contribution is -0.124. The first-order valence-electron chi connectivity index (χ1n) is 9.57. The summed E-state index contributed by atoms with van der Waals surface area (Å²) in [5.41, 5.74) is 5.54. The molecule has 0 saturated heterocycles. The van der Waals surface area contributed by atoms with Crippen LogP contribution in [0.25, 0.3) is 0 Å².